The second-order valence-corrected chi connectivity index (χ2v) is 23.9. The number of hydrogen-bond donors (Lipinski definition) is 6. The Morgan fingerprint density at radius 2 is 1.25 bits per heavy atom. The number of aryl methyl sites for hydroxylation is 3. The van der Waals surface area contributed by atoms with E-state index < -0.39 is 11.9 Å². The van der Waals surface area contributed by atoms with Crippen molar-refractivity contribution in [1.29, 1.82) is 0 Å². The molecule has 6 aromatic rings. The zero-order valence-electron chi connectivity index (χ0n) is 50.7. The van der Waals surface area contributed by atoms with Gasteiger partial charge in [0, 0.05) is 116 Å². The van der Waals surface area contributed by atoms with Crippen LogP contribution in [0.5, 0.6) is 5.75 Å². The molecule has 0 aliphatic carbocycles. The number of anilines is 1. The maximum atomic E-state index is 13.8. The predicted molar refractivity (Wildman–Crippen MR) is 327 cm³/mol. The number of nitrogens with zero attached hydrogens (tertiary/aromatic N) is 6. The fourth-order valence-electron chi connectivity index (χ4n) is 11.8. The van der Waals surface area contributed by atoms with Crippen molar-refractivity contribution >= 4 is 59.9 Å². The van der Waals surface area contributed by atoms with Crippen LogP contribution < -0.4 is 31.1 Å². The van der Waals surface area contributed by atoms with Crippen molar-refractivity contribution in [2.24, 2.45) is 0 Å². The zero-order chi connectivity index (χ0) is 62.8. The first-order valence-corrected chi connectivity index (χ1v) is 30.7. The summed E-state index contributed by atoms with van der Waals surface area (Å²) >= 11 is 1.88. The molecule has 6 N–H and O–H groups in total. The van der Waals surface area contributed by atoms with Crippen LogP contribution in [0.1, 0.15) is 149 Å². The third kappa shape index (κ3) is 15.3. The van der Waals surface area contributed by atoms with Gasteiger partial charge in [-0.1, -0.05) is 19.3 Å². The average molecular weight is 1230 g/mol. The fraction of sp³-hybridized carbons (Fsp3) is 0.460. The third-order valence-electron chi connectivity index (χ3n) is 16.4. The third-order valence-corrected chi connectivity index (χ3v) is 17.9. The standard InChI is InChI=1S/C63H76N10O14S/c1-35-47(33-75)38(4)84-57(35)43-26-46(32-74)68-52(29-43)73-22-20-71(18-19-72(21-23-73)31-45-25-42(28-49(67-45)62(80)81)59-37(3)56(87-83-7)40(6)86-59)30-44-24-41(27-48(66-44)61(78)79)58-36(2)54(39(5)85-58)60(77)65-17-13-9-8-12-16-64-53(76)15-11-10-14-51-55-50(34-88-51)69-63(82)70-55/h24-29,32-33,50-51,55H,8-23,30-31,34H2,1-7H3,(H,64,76)(H,65,77)(H,78,79)(H,80,81)(H2,69,70,82). The fourth-order valence-corrected chi connectivity index (χ4v) is 13.4. The molecule has 0 spiro atoms. The Kier molecular flexibility index (Phi) is 21.2. The molecule has 3 saturated heterocycles. The lowest BCUT2D eigenvalue weighted by Crippen LogP contribution is -2.36. The Hall–Kier alpha value is -8.39. The molecule has 24 nitrogen and oxygen atoms in total. The van der Waals surface area contributed by atoms with Crippen LogP contribution in [0, 0.1) is 41.5 Å². The summed E-state index contributed by atoms with van der Waals surface area (Å²) in [5, 5.41) is 33.1. The number of thioether (sulfide) groups is 1. The second kappa shape index (κ2) is 29.1. The summed E-state index contributed by atoms with van der Waals surface area (Å²) in [5.41, 5.74) is 4.55. The van der Waals surface area contributed by atoms with Gasteiger partial charge in [0.15, 0.2) is 12.6 Å². The number of unbranched alkanes of at least 4 members (excludes halogenated alkanes) is 4. The lowest BCUT2D eigenvalue weighted by atomic mass is 10.0. The number of pyridine rings is 3. The largest absolute Gasteiger partial charge is 0.477 e. The van der Waals surface area contributed by atoms with E-state index in [1.54, 1.807) is 59.7 Å². The summed E-state index contributed by atoms with van der Waals surface area (Å²) in [4.78, 5) is 118. The number of amides is 4. The van der Waals surface area contributed by atoms with Crippen molar-refractivity contribution in [3.63, 3.8) is 0 Å². The Bertz CT molecular complexity index is 3580. The molecule has 9 heterocycles. The quantitative estimate of drug-likeness (QED) is 0.00926. The lowest BCUT2D eigenvalue weighted by molar-refractivity contribution is -0.179. The first-order chi connectivity index (χ1) is 42.3. The van der Waals surface area contributed by atoms with Gasteiger partial charge in [-0.2, -0.15) is 16.6 Å². The summed E-state index contributed by atoms with van der Waals surface area (Å²) < 4.78 is 18.4. The molecule has 3 aliphatic rings. The lowest BCUT2D eigenvalue weighted by Gasteiger charge is -2.27. The van der Waals surface area contributed by atoms with Gasteiger partial charge in [-0.05, 0) is 104 Å². The molecular weight excluding hydrogens is 1150 g/mol. The highest BCUT2D eigenvalue weighted by atomic mass is 32.2. The minimum atomic E-state index is -1.26. The molecule has 0 saturated carbocycles. The number of carbonyl (C=O) groups excluding carboxylic acids is 5. The number of aromatic carboxylic acids is 2. The molecule has 6 aromatic heterocycles. The first-order valence-electron chi connectivity index (χ1n) is 29.7. The number of fused-ring (bicyclic) bond motifs is 1. The average Bonchev–Trinajstić information content (AvgIpc) is 2.09. The van der Waals surface area contributed by atoms with E-state index in [0.29, 0.717) is 172 Å². The number of carbonyl (C=O) groups is 7. The van der Waals surface area contributed by atoms with Crippen molar-refractivity contribution in [3.05, 3.63) is 110 Å². The molecule has 3 unspecified atom stereocenters. The Labute approximate surface area is 513 Å². The minimum Gasteiger partial charge on any atom is -0.477 e. The molecule has 3 fully saturated rings. The van der Waals surface area contributed by atoms with Crippen LogP contribution in [-0.2, 0) is 22.8 Å². The number of urea groups is 1. The van der Waals surface area contributed by atoms with Crippen molar-refractivity contribution in [2.75, 3.05) is 70.1 Å². The van der Waals surface area contributed by atoms with Crippen molar-refractivity contribution < 1.29 is 66.8 Å². The van der Waals surface area contributed by atoms with E-state index in [0.717, 1.165) is 57.0 Å². The maximum Gasteiger partial charge on any atom is 0.354 e. The van der Waals surface area contributed by atoms with Gasteiger partial charge in [0.25, 0.3) is 5.91 Å². The van der Waals surface area contributed by atoms with E-state index in [9.17, 15) is 43.8 Å². The summed E-state index contributed by atoms with van der Waals surface area (Å²) in [6, 6.07) is 10.1. The van der Waals surface area contributed by atoms with Crippen LogP contribution in [0.25, 0.3) is 34.0 Å². The SMILES string of the molecule is COOc1c(C)oc(-c2cc(CN3CCN(Cc4cc(-c5oc(C)c(C(=O)NCCCCCCNC(=O)CCCCC6SCC7NC(=O)NC76)c5C)cc(C(=O)O)n4)CCN(c4cc(-c5oc(C)c(C=O)c5C)cc(C=O)n4)CC3)nc(C(=O)O)c2)c1C. The minimum absolute atomic E-state index is 0.0396. The molecule has 4 amide bonds. The highest BCUT2D eigenvalue weighted by Gasteiger charge is 2.42. The topological polar surface area (TPSA) is 314 Å². The van der Waals surface area contributed by atoms with Gasteiger partial charge in [0.2, 0.25) is 11.7 Å². The molecule has 25 heteroatoms. The van der Waals surface area contributed by atoms with Gasteiger partial charge >= 0.3 is 18.0 Å². The second-order valence-electron chi connectivity index (χ2n) is 22.6. The van der Waals surface area contributed by atoms with Gasteiger partial charge in [-0.25, -0.2) is 29.3 Å². The Morgan fingerprint density at radius 1 is 0.670 bits per heavy atom. The van der Waals surface area contributed by atoms with Crippen LogP contribution in [-0.4, -0.2) is 160 Å². The molecule has 9 rings (SSSR count). The summed E-state index contributed by atoms with van der Waals surface area (Å²) in [7, 11) is 1.37. The Morgan fingerprint density at radius 3 is 1.85 bits per heavy atom. The van der Waals surface area contributed by atoms with Crippen LogP contribution in [0.2, 0.25) is 0 Å². The first kappa shape index (κ1) is 64.1. The molecule has 88 heavy (non-hydrogen) atoms. The number of carboxylic acid groups (broad SMARTS) is 2. The van der Waals surface area contributed by atoms with Gasteiger partial charge < -0.3 is 54.5 Å². The smallest absolute Gasteiger partial charge is 0.354 e. The number of aldehydes is 2. The van der Waals surface area contributed by atoms with Crippen LogP contribution in [0.15, 0.2) is 49.6 Å². The number of nitrogens with one attached hydrogen (secondary N) is 4. The van der Waals surface area contributed by atoms with Gasteiger partial charge in [-0.3, -0.25) is 29.0 Å². The molecule has 3 aliphatic heterocycles. The summed E-state index contributed by atoms with van der Waals surface area (Å²) in [6.45, 7) is 14.2. The van der Waals surface area contributed by atoms with E-state index in [2.05, 4.69) is 41.0 Å². The van der Waals surface area contributed by atoms with Crippen LogP contribution in [0.4, 0.5) is 10.6 Å². The number of aromatic nitrogens is 3. The van der Waals surface area contributed by atoms with Gasteiger partial charge in [0.1, 0.15) is 57.5 Å². The number of rotatable bonds is 27. The molecule has 0 aromatic carbocycles. The number of furan rings is 3. The van der Waals surface area contributed by atoms with E-state index in [1.807, 2.05) is 22.7 Å². The predicted octanol–water partition coefficient (Wildman–Crippen LogP) is 8.42. The maximum absolute atomic E-state index is 13.8. The molecular formula is C63H76N10O14S. The summed E-state index contributed by atoms with van der Waals surface area (Å²) in [6.07, 6.45) is 7.83. The molecule has 468 valence electrons. The molecule has 0 bridgehead atoms. The Balaban J connectivity index is 0.878. The van der Waals surface area contributed by atoms with E-state index in [-0.39, 0.29) is 60.1 Å². The van der Waals surface area contributed by atoms with E-state index >= 15 is 0 Å². The molecule has 0 radical (unpaired) electrons. The number of carboxylic acids is 2. The summed E-state index contributed by atoms with van der Waals surface area (Å²) in [5.74, 6) is 1.37. The van der Waals surface area contributed by atoms with Crippen LogP contribution in [0.3, 0.4) is 0 Å². The van der Waals surface area contributed by atoms with Crippen LogP contribution >= 0.6 is 11.8 Å². The van der Waals surface area contributed by atoms with E-state index in [1.165, 1.54) is 19.2 Å². The van der Waals surface area contributed by atoms with E-state index in [4.69, 9.17) is 28.0 Å². The normalized spacial score (nSPS) is 17.1. The molecule has 3 atom stereocenters. The highest BCUT2D eigenvalue weighted by molar-refractivity contribution is 8.00. The van der Waals surface area contributed by atoms with Crippen molar-refractivity contribution in [2.45, 2.75) is 123 Å². The zero-order valence-corrected chi connectivity index (χ0v) is 51.5. The monoisotopic (exact) mass is 1230 g/mol. The van der Waals surface area contributed by atoms with Crippen molar-refractivity contribution in [1.82, 2.24) is 46.0 Å². The highest BCUT2D eigenvalue weighted by Crippen LogP contribution is 2.38. The van der Waals surface area contributed by atoms with Gasteiger partial charge in [-0.15, -0.1) is 0 Å². The van der Waals surface area contributed by atoms with Gasteiger partial charge in [0.05, 0.1) is 41.7 Å². The number of hydrogen-bond acceptors (Lipinski definition) is 19. The van der Waals surface area contributed by atoms with Crippen molar-refractivity contribution in [3.8, 4) is 39.7 Å².